The summed E-state index contributed by atoms with van der Waals surface area (Å²) in [5.74, 6) is 0.456. The molecule has 2 saturated heterocycles. The number of carbonyl (C=O) groups excluding carboxylic acids is 2. The Morgan fingerprint density at radius 2 is 1.94 bits per heavy atom. The van der Waals surface area contributed by atoms with E-state index >= 15 is 0 Å². The first-order chi connectivity index (χ1) is 17.1. The molecule has 182 valence electrons. The van der Waals surface area contributed by atoms with Crippen LogP contribution in [0.2, 0.25) is 0 Å². The van der Waals surface area contributed by atoms with Crippen molar-refractivity contribution in [2.45, 2.75) is 18.9 Å². The Labute approximate surface area is 203 Å². The fraction of sp³-hybridized carbons (Fsp3) is 0.360. The molecule has 0 saturated carbocycles. The van der Waals surface area contributed by atoms with Crippen LogP contribution in [0, 0.1) is 0 Å². The molecule has 10 heteroatoms. The maximum absolute atomic E-state index is 13.1. The van der Waals surface area contributed by atoms with E-state index in [0.29, 0.717) is 37.6 Å². The van der Waals surface area contributed by atoms with Crippen LogP contribution in [0.1, 0.15) is 23.2 Å². The highest BCUT2D eigenvalue weighted by atomic mass is 16.5. The number of hydrogen-bond donors (Lipinski definition) is 2. The molecule has 2 aliphatic rings. The number of amides is 2. The second-order valence-corrected chi connectivity index (χ2v) is 8.72. The summed E-state index contributed by atoms with van der Waals surface area (Å²) in [6, 6.07) is 9.06. The molecule has 5 rings (SSSR count). The van der Waals surface area contributed by atoms with Gasteiger partial charge in [-0.1, -0.05) is 6.58 Å². The second-order valence-electron chi connectivity index (χ2n) is 8.72. The van der Waals surface area contributed by atoms with Crippen molar-refractivity contribution in [2.75, 3.05) is 54.9 Å². The van der Waals surface area contributed by atoms with Gasteiger partial charge in [0.1, 0.15) is 5.82 Å². The molecule has 0 aliphatic carbocycles. The number of ether oxygens (including phenoxy) is 1. The number of carbonyl (C=O) groups is 2. The maximum Gasteiger partial charge on any atom is 0.253 e. The van der Waals surface area contributed by atoms with Crippen molar-refractivity contribution < 1.29 is 14.3 Å². The lowest BCUT2D eigenvalue weighted by molar-refractivity contribution is -0.111. The van der Waals surface area contributed by atoms with E-state index in [2.05, 4.69) is 27.1 Å². The third kappa shape index (κ3) is 5.12. The Morgan fingerprint density at radius 1 is 1.14 bits per heavy atom. The summed E-state index contributed by atoms with van der Waals surface area (Å²) in [7, 11) is 0. The zero-order chi connectivity index (χ0) is 24.2. The van der Waals surface area contributed by atoms with Crippen LogP contribution >= 0.6 is 0 Å². The maximum atomic E-state index is 13.1. The van der Waals surface area contributed by atoms with E-state index in [0.717, 1.165) is 43.1 Å². The third-order valence-electron chi connectivity index (χ3n) is 6.34. The molecule has 10 nitrogen and oxygen atoms in total. The minimum absolute atomic E-state index is 0.0230. The number of piperidine rings is 1. The molecule has 2 N–H and O–H groups in total. The van der Waals surface area contributed by atoms with E-state index in [1.807, 2.05) is 17.2 Å². The van der Waals surface area contributed by atoms with Crippen LogP contribution in [0.25, 0.3) is 5.65 Å². The number of nitrogens with one attached hydrogen (secondary N) is 2. The normalized spacial score (nSPS) is 18.3. The van der Waals surface area contributed by atoms with E-state index in [1.165, 1.54) is 6.08 Å². The van der Waals surface area contributed by atoms with Gasteiger partial charge in [0, 0.05) is 61.9 Å². The fourth-order valence-electron chi connectivity index (χ4n) is 4.57. The van der Waals surface area contributed by atoms with E-state index in [1.54, 1.807) is 35.0 Å². The predicted octanol–water partition coefficient (Wildman–Crippen LogP) is 2.41. The molecule has 2 fully saturated rings. The van der Waals surface area contributed by atoms with Gasteiger partial charge in [0.25, 0.3) is 5.91 Å². The summed E-state index contributed by atoms with van der Waals surface area (Å²) in [5.41, 5.74) is 3.07. The van der Waals surface area contributed by atoms with Crippen LogP contribution < -0.4 is 15.5 Å². The first kappa shape index (κ1) is 22.9. The summed E-state index contributed by atoms with van der Waals surface area (Å²) in [4.78, 5) is 33.2. The molecule has 1 atom stereocenters. The predicted molar refractivity (Wildman–Crippen MR) is 134 cm³/mol. The number of rotatable bonds is 6. The van der Waals surface area contributed by atoms with Gasteiger partial charge in [-0.05, 0) is 43.2 Å². The summed E-state index contributed by atoms with van der Waals surface area (Å²) < 4.78 is 7.30. The molecular weight excluding hydrogens is 446 g/mol. The van der Waals surface area contributed by atoms with Gasteiger partial charge in [0.2, 0.25) is 5.91 Å². The van der Waals surface area contributed by atoms with Crippen LogP contribution in [-0.4, -0.2) is 76.7 Å². The van der Waals surface area contributed by atoms with Gasteiger partial charge >= 0.3 is 0 Å². The topological polar surface area (TPSA) is 104 Å². The molecular formula is C25H29N7O3. The minimum atomic E-state index is -0.284. The highest BCUT2D eigenvalue weighted by Gasteiger charge is 2.25. The number of aromatic nitrogens is 3. The first-order valence-electron chi connectivity index (χ1n) is 11.9. The summed E-state index contributed by atoms with van der Waals surface area (Å²) in [6.07, 6.45) is 6.67. The summed E-state index contributed by atoms with van der Waals surface area (Å²) in [6.45, 7) is 7.76. The Bertz CT molecular complexity index is 1220. The highest BCUT2D eigenvalue weighted by Crippen LogP contribution is 2.25. The van der Waals surface area contributed by atoms with Gasteiger partial charge < -0.3 is 25.2 Å². The quantitative estimate of drug-likeness (QED) is 0.528. The highest BCUT2D eigenvalue weighted by molar-refractivity contribution is 5.99. The zero-order valence-corrected chi connectivity index (χ0v) is 19.5. The average molecular weight is 476 g/mol. The number of nitrogens with zero attached hydrogens (tertiary/aromatic N) is 5. The van der Waals surface area contributed by atoms with Crippen molar-refractivity contribution in [3.05, 3.63) is 60.9 Å². The van der Waals surface area contributed by atoms with Gasteiger partial charge in [0.15, 0.2) is 5.65 Å². The molecule has 0 spiro atoms. The van der Waals surface area contributed by atoms with Gasteiger partial charge in [-0.2, -0.15) is 0 Å². The van der Waals surface area contributed by atoms with Gasteiger partial charge in [0.05, 0.1) is 18.9 Å². The van der Waals surface area contributed by atoms with Crippen LogP contribution in [0.5, 0.6) is 0 Å². The van der Waals surface area contributed by atoms with E-state index in [-0.39, 0.29) is 17.9 Å². The molecule has 2 aromatic heterocycles. The Morgan fingerprint density at radius 3 is 2.71 bits per heavy atom. The SMILES string of the molecule is C=CC(=O)Nc1ccc(C(=O)N2CCCC(Nc3cc(N4CCOCC4)c4nccn4n3)C2)cc1. The van der Waals surface area contributed by atoms with Crippen molar-refractivity contribution >= 4 is 34.7 Å². The van der Waals surface area contributed by atoms with E-state index in [4.69, 9.17) is 9.84 Å². The number of anilines is 3. The third-order valence-corrected chi connectivity index (χ3v) is 6.34. The Balaban J connectivity index is 1.27. The standard InChI is InChI=1S/C25H29N7O3/c1-2-23(33)28-19-7-5-18(6-8-19)25(34)31-10-3-4-20(17-31)27-22-16-21(30-12-14-35-15-13-30)24-26-9-11-32(24)29-22/h2,5-9,11,16,20H,1,3-4,10,12-15,17H2,(H,27,29)(H,28,33). The number of morpholine rings is 1. The molecule has 4 heterocycles. The van der Waals surface area contributed by atoms with Crippen LogP contribution in [0.3, 0.4) is 0 Å². The van der Waals surface area contributed by atoms with E-state index in [9.17, 15) is 9.59 Å². The second kappa shape index (κ2) is 10.1. The lowest BCUT2D eigenvalue weighted by atomic mass is 10.0. The van der Waals surface area contributed by atoms with Crippen LogP contribution in [-0.2, 0) is 9.53 Å². The molecule has 0 bridgehead atoms. The van der Waals surface area contributed by atoms with Crippen molar-refractivity contribution in [1.82, 2.24) is 19.5 Å². The van der Waals surface area contributed by atoms with Crippen molar-refractivity contribution in [2.24, 2.45) is 0 Å². The molecule has 3 aromatic rings. The Hall–Kier alpha value is -3.92. The molecule has 2 amide bonds. The lowest BCUT2D eigenvalue weighted by Gasteiger charge is -2.34. The number of imidazole rings is 1. The first-order valence-corrected chi connectivity index (χ1v) is 11.9. The van der Waals surface area contributed by atoms with Crippen molar-refractivity contribution in [1.29, 1.82) is 0 Å². The minimum Gasteiger partial charge on any atom is -0.378 e. The zero-order valence-electron chi connectivity index (χ0n) is 19.5. The fourth-order valence-corrected chi connectivity index (χ4v) is 4.57. The van der Waals surface area contributed by atoms with Crippen LogP contribution in [0.4, 0.5) is 17.2 Å². The number of hydrogen-bond acceptors (Lipinski definition) is 7. The van der Waals surface area contributed by atoms with Crippen molar-refractivity contribution in [3.63, 3.8) is 0 Å². The van der Waals surface area contributed by atoms with Crippen molar-refractivity contribution in [3.8, 4) is 0 Å². The number of fused-ring (bicyclic) bond motifs is 1. The number of benzene rings is 1. The molecule has 2 aliphatic heterocycles. The lowest BCUT2D eigenvalue weighted by Crippen LogP contribution is -2.45. The molecule has 1 aromatic carbocycles. The smallest absolute Gasteiger partial charge is 0.253 e. The van der Waals surface area contributed by atoms with E-state index < -0.39 is 0 Å². The van der Waals surface area contributed by atoms with Gasteiger partial charge in [-0.25, -0.2) is 9.50 Å². The van der Waals surface area contributed by atoms with Crippen LogP contribution in [0.15, 0.2) is 55.4 Å². The molecule has 0 radical (unpaired) electrons. The van der Waals surface area contributed by atoms with Gasteiger partial charge in [-0.3, -0.25) is 9.59 Å². The molecule has 1 unspecified atom stereocenters. The average Bonchev–Trinajstić information content (AvgIpc) is 3.37. The summed E-state index contributed by atoms with van der Waals surface area (Å²) >= 11 is 0. The summed E-state index contributed by atoms with van der Waals surface area (Å²) in [5, 5.41) is 10.9. The van der Waals surface area contributed by atoms with Gasteiger partial charge in [-0.15, -0.1) is 5.10 Å². The largest absolute Gasteiger partial charge is 0.378 e. The molecule has 35 heavy (non-hydrogen) atoms. The number of likely N-dealkylation sites (tertiary alicyclic amines) is 1. The monoisotopic (exact) mass is 475 g/mol. The Kier molecular flexibility index (Phi) is 6.62.